The lowest BCUT2D eigenvalue weighted by molar-refractivity contribution is -0.139. The van der Waals surface area contributed by atoms with Gasteiger partial charge in [-0.15, -0.1) is 11.8 Å². The van der Waals surface area contributed by atoms with Crippen molar-refractivity contribution in [1.29, 1.82) is 0 Å². The van der Waals surface area contributed by atoms with Gasteiger partial charge in [0.25, 0.3) is 5.91 Å². The van der Waals surface area contributed by atoms with Gasteiger partial charge in [0.1, 0.15) is 5.75 Å². The lowest BCUT2D eigenvalue weighted by Crippen LogP contribution is -2.33. The third kappa shape index (κ3) is 5.17. The van der Waals surface area contributed by atoms with E-state index in [9.17, 15) is 18.0 Å². The summed E-state index contributed by atoms with van der Waals surface area (Å²) >= 11 is 1.10. The molecule has 9 heteroatoms. The largest absolute Gasteiger partial charge is 0.484 e. The molecule has 0 spiro atoms. The highest BCUT2D eigenvalue weighted by molar-refractivity contribution is 8.00. The molecule has 28 heavy (non-hydrogen) atoms. The lowest BCUT2D eigenvalue weighted by atomic mass is 10.2. The Balaban J connectivity index is 1.53. The first-order chi connectivity index (χ1) is 13.4. The molecule has 1 aromatic carbocycles. The molecule has 1 N–H and O–H groups in total. The summed E-state index contributed by atoms with van der Waals surface area (Å²) in [6.07, 6.45) is -1.48. The van der Waals surface area contributed by atoms with E-state index in [0.717, 1.165) is 29.6 Å². The van der Waals surface area contributed by atoms with Crippen molar-refractivity contribution in [2.45, 2.75) is 29.3 Å². The molecule has 2 aromatic rings. The summed E-state index contributed by atoms with van der Waals surface area (Å²) in [4.78, 5) is 17.8. The molecule has 1 fully saturated rings. The standard InChI is InChI=1S/C19H19F3N2O3S/c20-19(21,22)16-5-7-23-9-17(16)28-15-6-8-24(10-15)18(26)12-27-14-3-1-13(11-25)2-4-14/h1-5,7,9,15,25H,6,8,10-12H2/t15-/m1/s1. The fraction of sp³-hybridized carbons (Fsp3) is 0.368. The Kier molecular flexibility index (Phi) is 6.46. The Morgan fingerprint density at radius 2 is 2.04 bits per heavy atom. The van der Waals surface area contributed by atoms with Crippen molar-refractivity contribution in [3.05, 3.63) is 53.9 Å². The Morgan fingerprint density at radius 1 is 1.29 bits per heavy atom. The number of pyridine rings is 1. The van der Waals surface area contributed by atoms with E-state index < -0.39 is 11.7 Å². The zero-order valence-corrected chi connectivity index (χ0v) is 15.7. The molecule has 0 radical (unpaired) electrons. The number of hydrogen-bond donors (Lipinski definition) is 1. The molecule has 3 rings (SSSR count). The van der Waals surface area contributed by atoms with Gasteiger partial charge in [-0.2, -0.15) is 13.2 Å². The van der Waals surface area contributed by atoms with E-state index in [1.165, 1.54) is 6.20 Å². The van der Waals surface area contributed by atoms with Gasteiger partial charge in [0.2, 0.25) is 0 Å². The monoisotopic (exact) mass is 412 g/mol. The SMILES string of the molecule is O=C(COc1ccc(CO)cc1)N1CC[C@@H](Sc2cnccc2C(F)(F)F)C1. The van der Waals surface area contributed by atoms with Gasteiger partial charge in [-0.3, -0.25) is 9.78 Å². The first-order valence-corrected chi connectivity index (χ1v) is 9.53. The summed E-state index contributed by atoms with van der Waals surface area (Å²) in [5.74, 6) is 0.303. The van der Waals surface area contributed by atoms with Crippen LogP contribution in [0.3, 0.4) is 0 Å². The van der Waals surface area contributed by atoms with Crippen LogP contribution in [0.1, 0.15) is 17.5 Å². The minimum absolute atomic E-state index is 0.0704. The molecular weight excluding hydrogens is 393 g/mol. The molecule has 1 amide bonds. The molecule has 0 bridgehead atoms. The Labute approximate surface area is 164 Å². The summed E-state index contributed by atoms with van der Waals surface area (Å²) in [5.41, 5.74) is 0.0404. The van der Waals surface area contributed by atoms with Crippen molar-refractivity contribution >= 4 is 17.7 Å². The number of carbonyl (C=O) groups excluding carboxylic acids is 1. The van der Waals surface area contributed by atoms with E-state index in [1.807, 2.05) is 0 Å². The maximum absolute atomic E-state index is 13.1. The second-order valence-corrected chi connectivity index (χ2v) is 7.67. The summed E-state index contributed by atoms with van der Waals surface area (Å²) in [7, 11) is 0. The van der Waals surface area contributed by atoms with Gasteiger partial charge >= 0.3 is 6.18 Å². The van der Waals surface area contributed by atoms with Gasteiger partial charge in [0.05, 0.1) is 12.2 Å². The number of nitrogens with zero attached hydrogens (tertiary/aromatic N) is 2. The van der Waals surface area contributed by atoms with Crippen LogP contribution in [0.15, 0.2) is 47.6 Å². The van der Waals surface area contributed by atoms with E-state index in [2.05, 4.69) is 4.98 Å². The molecule has 1 atom stereocenters. The molecule has 1 aliphatic heterocycles. The number of rotatable bonds is 6. The van der Waals surface area contributed by atoms with E-state index >= 15 is 0 Å². The lowest BCUT2D eigenvalue weighted by Gasteiger charge is -2.18. The molecule has 0 saturated carbocycles. The van der Waals surface area contributed by atoms with Crippen LogP contribution in [-0.2, 0) is 17.6 Å². The van der Waals surface area contributed by atoms with Crippen LogP contribution < -0.4 is 4.74 Å². The summed E-state index contributed by atoms with van der Waals surface area (Å²) < 4.78 is 44.8. The fourth-order valence-electron chi connectivity index (χ4n) is 2.87. The van der Waals surface area contributed by atoms with Crippen molar-refractivity contribution in [1.82, 2.24) is 9.88 Å². The van der Waals surface area contributed by atoms with E-state index in [-0.39, 0.29) is 29.3 Å². The van der Waals surface area contributed by atoms with Gasteiger partial charge in [-0.05, 0) is 30.2 Å². The van der Waals surface area contributed by atoms with E-state index in [4.69, 9.17) is 9.84 Å². The number of halogens is 3. The third-order valence-electron chi connectivity index (χ3n) is 4.35. The van der Waals surface area contributed by atoms with Crippen LogP contribution in [0.25, 0.3) is 0 Å². The predicted molar refractivity (Wildman–Crippen MR) is 97.9 cm³/mol. The Hall–Kier alpha value is -2.26. The summed E-state index contributed by atoms with van der Waals surface area (Å²) in [5, 5.41) is 8.89. The fourth-order valence-corrected chi connectivity index (χ4v) is 4.14. The number of carbonyl (C=O) groups is 1. The van der Waals surface area contributed by atoms with Gasteiger partial charge < -0.3 is 14.7 Å². The highest BCUT2D eigenvalue weighted by Crippen LogP contribution is 2.39. The van der Waals surface area contributed by atoms with Crippen LogP contribution >= 0.6 is 11.8 Å². The topological polar surface area (TPSA) is 62.7 Å². The average Bonchev–Trinajstić information content (AvgIpc) is 3.14. The van der Waals surface area contributed by atoms with Crippen molar-refractivity contribution in [2.75, 3.05) is 19.7 Å². The van der Waals surface area contributed by atoms with Crippen molar-refractivity contribution in [2.24, 2.45) is 0 Å². The van der Waals surface area contributed by atoms with Crippen LogP contribution in [-0.4, -0.2) is 45.8 Å². The van der Waals surface area contributed by atoms with Crippen molar-refractivity contribution in [3.8, 4) is 5.75 Å². The molecule has 5 nitrogen and oxygen atoms in total. The number of aromatic nitrogens is 1. The molecule has 1 saturated heterocycles. The zero-order chi connectivity index (χ0) is 20.1. The smallest absolute Gasteiger partial charge is 0.417 e. The average molecular weight is 412 g/mol. The molecule has 150 valence electrons. The number of alkyl halides is 3. The summed E-state index contributed by atoms with van der Waals surface area (Å²) in [6.45, 7) is 0.628. The highest BCUT2D eigenvalue weighted by atomic mass is 32.2. The minimum atomic E-state index is -4.43. The second-order valence-electron chi connectivity index (χ2n) is 6.33. The molecule has 1 aliphatic rings. The number of ether oxygens (including phenoxy) is 1. The van der Waals surface area contributed by atoms with Gasteiger partial charge in [-0.25, -0.2) is 0 Å². The zero-order valence-electron chi connectivity index (χ0n) is 14.9. The molecular formula is C19H19F3N2O3S. The number of likely N-dealkylation sites (tertiary alicyclic amines) is 1. The van der Waals surface area contributed by atoms with Gasteiger partial charge in [0.15, 0.2) is 6.61 Å². The number of aliphatic hydroxyl groups is 1. The summed E-state index contributed by atoms with van der Waals surface area (Å²) in [6, 6.07) is 7.71. The van der Waals surface area contributed by atoms with Crippen LogP contribution in [0.5, 0.6) is 5.75 Å². The van der Waals surface area contributed by atoms with Crippen molar-refractivity contribution < 1.29 is 27.8 Å². The van der Waals surface area contributed by atoms with Crippen molar-refractivity contribution in [3.63, 3.8) is 0 Å². The van der Waals surface area contributed by atoms with Gasteiger partial charge in [-0.1, -0.05) is 12.1 Å². The predicted octanol–water partition coefficient (Wildman–Crippen LogP) is 3.36. The van der Waals surface area contributed by atoms with E-state index in [1.54, 1.807) is 29.2 Å². The number of hydrogen-bond acceptors (Lipinski definition) is 5. The van der Waals surface area contributed by atoms with E-state index in [0.29, 0.717) is 25.3 Å². The van der Waals surface area contributed by atoms with Crippen LogP contribution in [0.2, 0.25) is 0 Å². The van der Waals surface area contributed by atoms with Crippen LogP contribution in [0, 0.1) is 0 Å². The Bertz CT molecular complexity index is 815. The van der Waals surface area contributed by atoms with Crippen LogP contribution in [0.4, 0.5) is 13.2 Å². The maximum atomic E-state index is 13.1. The molecule has 0 unspecified atom stereocenters. The third-order valence-corrected chi connectivity index (χ3v) is 5.65. The molecule has 1 aromatic heterocycles. The molecule has 0 aliphatic carbocycles. The van der Waals surface area contributed by atoms with Gasteiger partial charge in [0, 0.05) is 35.6 Å². The Morgan fingerprint density at radius 3 is 2.71 bits per heavy atom. The quantitative estimate of drug-likeness (QED) is 0.788. The molecule has 2 heterocycles. The first-order valence-electron chi connectivity index (χ1n) is 8.65. The number of thioether (sulfide) groups is 1. The minimum Gasteiger partial charge on any atom is -0.484 e. The number of aliphatic hydroxyl groups excluding tert-OH is 1. The number of benzene rings is 1. The first kappa shape index (κ1) is 20.5. The highest BCUT2D eigenvalue weighted by Gasteiger charge is 2.35. The number of amides is 1. The second kappa shape index (κ2) is 8.83. The normalized spacial score (nSPS) is 17.0. The maximum Gasteiger partial charge on any atom is 0.417 e.